The molecule has 0 radical (unpaired) electrons. The monoisotopic (exact) mass is 451 g/mol. The van der Waals surface area contributed by atoms with E-state index >= 15 is 0 Å². The van der Waals surface area contributed by atoms with Gasteiger partial charge in [-0.15, -0.1) is 0 Å². The number of nitrogens with zero attached hydrogens (tertiary/aromatic N) is 2. The Labute approximate surface area is 189 Å². The quantitative estimate of drug-likeness (QED) is 0.299. The van der Waals surface area contributed by atoms with Crippen molar-refractivity contribution in [2.45, 2.75) is 13.5 Å². The molecule has 7 heteroatoms. The van der Waals surface area contributed by atoms with Crippen molar-refractivity contribution in [2.24, 2.45) is 5.16 Å². The lowest BCUT2D eigenvalue weighted by Crippen LogP contribution is -2.21. The third-order valence-electron chi connectivity index (χ3n) is 4.74. The van der Waals surface area contributed by atoms with Crippen molar-refractivity contribution < 1.29 is 4.84 Å². The van der Waals surface area contributed by atoms with Gasteiger partial charge in [-0.05, 0) is 48.9 Å². The van der Waals surface area contributed by atoms with E-state index in [0.717, 1.165) is 11.1 Å². The number of hydrogen-bond acceptors (Lipinski definition) is 3. The minimum Gasteiger partial charge on any atom is -0.390 e. The Kier molecular flexibility index (Phi) is 6.26. The van der Waals surface area contributed by atoms with Gasteiger partial charge >= 0.3 is 0 Å². The number of aromatic amines is 1. The summed E-state index contributed by atoms with van der Waals surface area (Å²) in [6, 6.07) is 23.8. The van der Waals surface area contributed by atoms with Crippen LogP contribution in [-0.2, 0) is 11.4 Å². The summed E-state index contributed by atoms with van der Waals surface area (Å²) >= 11 is 12.0. The highest BCUT2D eigenvalue weighted by atomic mass is 35.5. The molecule has 0 fully saturated rings. The smallest absolute Gasteiger partial charge is 0.281 e. The number of H-pyrrole nitrogens is 1. The standard InChI is InChI=1S/C24H19Cl2N3O2/c1-16-22(24(30)29(27-16)21-13-11-20(26)12-14-21)23(18-7-9-19(25)10-8-18)28-31-15-17-5-3-2-4-6-17/h2-14,27H,15H2,1H3/b28-23+. The van der Waals surface area contributed by atoms with Gasteiger partial charge in [-0.2, -0.15) is 0 Å². The molecule has 4 rings (SSSR count). The molecule has 0 bridgehead atoms. The third-order valence-corrected chi connectivity index (χ3v) is 5.24. The van der Waals surface area contributed by atoms with Crippen LogP contribution in [0.5, 0.6) is 0 Å². The number of halogens is 2. The first-order valence-electron chi connectivity index (χ1n) is 9.60. The summed E-state index contributed by atoms with van der Waals surface area (Å²) < 4.78 is 1.46. The summed E-state index contributed by atoms with van der Waals surface area (Å²) in [7, 11) is 0. The maximum absolute atomic E-state index is 13.3. The Balaban J connectivity index is 1.76. The first kappa shape index (κ1) is 21.0. The zero-order valence-corrected chi connectivity index (χ0v) is 18.2. The van der Waals surface area contributed by atoms with E-state index in [4.69, 9.17) is 28.0 Å². The summed E-state index contributed by atoms with van der Waals surface area (Å²) in [5, 5.41) is 8.66. The Hall–Kier alpha value is -3.28. The number of hydrogen-bond donors (Lipinski definition) is 1. The first-order valence-corrected chi connectivity index (χ1v) is 10.4. The number of oxime groups is 1. The van der Waals surface area contributed by atoms with Gasteiger partial charge in [0.15, 0.2) is 0 Å². The Morgan fingerprint density at radius 1 is 0.935 bits per heavy atom. The number of benzene rings is 3. The largest absolute Gasteiger partial charge is 0.390 e. The predicted molar refractivity (Wildman–Crippen MR) is 124 cm³/mol. The zero-order chi connectivity index (χ0) is 21.8. The van der Waals surface area contributed by atoms with Crippen LogP contribution in [0.4, 0.5) is 0 Å². The highest BCUT2D eigenvalue weighted by Crippen LogP contribution is 2.18. The number of aromatic nitrogens is 2. The number of rotatable bonds is 6. The molecule has 0 saturated heterocycles. The van der Waals surface area contributed by atoms with Gasteiger partial charge in [0.25, 0.3) is 5.56 Å². The second-order valence-electron chi connectivity index (χ2n) is 6.93. The van der Waals surface area contributed by atoms with Crippen molar-refractivity contribution in [1.29, 1.82) is 0 Å². The van der Waals surface area contributed by atoms with E-state index in [1.54, 1.807) is 36.4 Å². The molecule has 0 amide bonds. The molecule has 1 N–H and O–H groups in total. The van der Waals surface area contributed by atoms with Gasteiger partial charge in [0.1, 0.15) is 12.3 Å². The highest BCUT2D eigenvalue weighted by Gasteiger charge is 2.20. The fourth-order valence-electron chi connectivity index (χ4n) is 3.19. The molecular weight excluding hydrogens is 433 g/mol. The molecule has 0 aliphatic rings. The van der Waals surface area contributed by atoms with Crippen LogP contribution in [0.15, 0.2) is 88.8 Å². The summed E-state index contributed by atoms with van der Waals surface area (Å²) in [6.07, 6.45) is 0. The molecule has 0 saturated carbocycles. The Bertz CT molecular complexity index is 1260. The van der Waals surface area contributed by atoms with E-state index in [0.29, 0.717) is 32.7 Å². The zero-order valence-electron chi connectivity index (χ0n) is 16.7. The maximum Gasteiger partial charge on any atom is 0.281 e. The minimum atomic E-state index is -0.239. The molecule has 0 atom stereocenters. The molecule has 1 aromatic heterocycles. The van der Waals surface area contributed by atoms with Crippen LogP contribution in [0, 0.1) is 6.92 Å². The summed E-state index contributed by atoms with van der Waals surface area (Å²) in [4.78, 5) is 19.0. The predicted octanol–water partition coefficient (Wildman–Crippen LogP) is 5.75. The molecule has 4 aromatic rings. The normalized spacial score (nSPS) is 11.5. The molecule has 1 heterocycles. The van der Waals surface area contributed by atoms with Crippen molar-refractivity contribution in [2.75, 3.05) is 0 Å². The van der Waals surface area contributed by atoms with Gasteiger partial charge in [-0.25, -0.2) is 4.68 Å². The van der Waals surface area contributed by atoms with Crippen molar-refractivity contribution in [3.63, 3.8) is 0 Å². The molecular formula is C24H19Cl2N3O2. The average molecular weight is 452 g/mol. The van der Waals surface area contributed by atoms with Crippen molar-refractivity contribution >= 4 is 28.9 Å². The van der Waals surface area contributed by atoms with Crippen LogP contribution < -0.4 is 5.56 Å². The lowest BCUT2D eigenvalue weighted by Gasteiger charge is -2.07. The van der Waals surface area contributed by atoms with E-state index in [1.807, 2.05) is 49.4 Å². The number of nitrogens with one attached hydrogen (secondary N) is 1. The summed E-state index contributed by atoms with van der Waals surface area (Å²) in [5.74, 6) is 0. The van der Waals surface area contributed by atoms with Crippen molar-refractivity contribution in [3.8, 4) is 5.69 Å². The van der Waals surface area contributed by atoms with Crippen LogP contribution in [0.3, 0.4) is 0 Å². The Morgan fingerprint density at radius 3 is 2.19 bits per heavy atom. The van der Waals surface area contributed by atoms with Gasteiger partial charge in [0.05, 0.1) is 11.3 Å². The van der Waals surface area contributed by atoms with Gasteiger partial charge in [0, 0.05) is 21.3 Å². The molecule has 0 unspecified atom stereocenters. The molecule has 0 aliphatic carbocycles. The van der Waals surface area contributed by atoms with Crippen LogP contribution >= 0.6 is 23.2 Å². The molecule has 3 aromatic carbocycles. The molecule has 5 nitrogen and oxygen atoms in total. The summed E-state index contributed by atoms with van der Waals surface area (Å²) in [5.41, 5.74) is 3.65. The summed E-state index contributed by atoms with van der Waals surface area (Å²) in [6.45, 7) is 2.11. The minimum absolute atomic E-state index is 0.239. The van der Waals surface area contributed by atoms with Crippen LogP contribution in [0.25, 0.3) is 5.69 Å². The van der Waals surface area contributed by atoms with Gasteiger partial charge < -0.3 is 4.84 Å². The van der Waals surface area contributed by atoms with Crippen molar-refractivity contribution in [1.82, 2.24) is 9.78 Å². The first-order chi connectivity index (χ1) is 15.0. The second-order valence-corrected chi connectivity index (χ2v) is 7.81. The van der Waals surface area contributed by atoms with Crippen LogP contribution in [0.2, 0.25) is 10.0 Å². The number of aryl methyl sites for hydroxylation is 1. The fraction of sp³-hybridized carbons (Fsp3) is 0.0833. The maximum atomic E-state index is 13.3. The topological polar surface area (TPSA) is 59.4 Å². The van der Waals surface area contributed by atoms with E-state index in [1.165, 1.54) is 4.68 Å². The lowest BCUT2D eigenvalue weighted by molar-refractivity contribution is 0.131. The molecule has 0 spiro atoms. The van der Waals surface area contributed by atoms with Crippen LogP contribution in [0.1, 0.15) is 22.4 Å². The van der Waals surface area contributed by atoms with E-state index in [9.17, 15) is 4.79 Å². The van der Waals surface area contributed by atoms with Crippen molar-refractivity contribution in [3.05, 3.63) is 122 Å². The van der Waals surface area contributed by atoms with Gasteiger partial charge in [0.2, 0.25) is 0 Å². The van der Waals surface area contributed by atoms with Gasteiger partial charge in [-0.1, -0.05) is 70.8 Å². The molecule has 0 aliphatic heterocycles. The SMILES string of the molecule is Cc1[nH]n(-c2ccc(Cl)cc2)c(=O)c1/C(=N/OCc1ccccc1)c1ccc(Cl)cc1. The fourth-order valence-corrected chi connectivity index (χ4v) is 3.45. The highest BCUT2D eigenvalue weighted by molar-refractivity contribution is 6.31. The third kappa shape index (κ3) is 4.74. The second kappa shape index (κ2) is 9.25. The average Bonchev–Trinajstić information content (AvgIpc) is 3.07. The van der Waals surface area contributed by atoms with E-state index < -0.39 is 0 Å². The van der Waals surface area contributed by atoms with E-state index in [2.05, 4.69) is 10.3 Å². The van der Waals surface area contributed by atoms with Crippen LogP contribution in [-0.4, -0.2) is 15.5 Å². The molecule has 156 valence electrons. The lowest BCUT2D eigenvalue weighted by atomic mass is 10.0. The molecule has 31 heavy (non-hydrogen) atoms. The van der Waals surface area contributed by atoms with Gasteiger partial charge in [-0.3, -0.25) is 9.89 Å². The Morgan fingerprint density at radius 2 is 1.55 bits per heavy atom. The van der Waals surface area contributed by atoms with E-state index in [-0.39, 0.29) is 12.2 Å².